The molecule has 0 unspecified atom stereocenters. The maximum atomic E-state index is 10.6. The molecule has 1 aromatic carbocycles. The second kappa shape index (κ2) is 5.10. The standard InChI is InChI=1S/C12H10N4O2/c1-2-3-4-12-9-13-14-15(12)10-5-7-11(8-6-10)16(17)18/h1,5-9H,3-4H2. The van der Waals surface area contributed by atoms with E-state index in [1.165, 1.54) is 12.1 Å². The Morgan fingerprint density at radius 1 is 1.39 bits per heavy atom. The lowest BCUT2D eigenvalue weighted by atomic mass is 10.2. The minimum absolute atomic E-state index is 0.0454. The average molecular weight is 242 g/mol. The van der Waals surface area contributed by atoms with E-state index in [0.29, 0.717) is 12.8 Å². The molecule has 0 aliphatic rings. The number of non-ortho nitro benzene ring substituents is 1. The highest BCUT2D eigenvalue weighted by Gasteiger charge is 2.08. The van der Waals surface area contributed by atoms with E-state index in [4.69, 9.17) is 6.42 Å². The van der Waals surface area contributed by atoms with Crippen LogP contribution < -0.4 is 0 Å². The Kier molecular flexibility index (Phi) is 3.34. The zero-order valence-electron chi connectivity index (χ0n) is 9.48. The number of aryl methyl sites for hydroxylation is 1. The van der Waals surface area contributed by atoms with Crippen LogP contribution in [0, 0.1) is 22.5 Å². The molecule has 0 N–H and O–H groups in total. The van der Waals surface area contributed by atoms with Gasteiger partial charge in [-0.25, -0.2) is 4.68 Å². The van der Waals surface area contributed by atoms with E-state index < -0.39 is 4.92 Å². The molecule has 0 aliphatic carbocycles. The molecule has 90 valence electrons. The monoisotopic (exact) mass is 242 g/mol. The van der Waals surface area contributed by atoms with Crippen molar-refractivity contribution in [1.82, 2.24) is 15.0 Å². The van der Waals surface area contributed by atoms with Crippen LogP contribution in [0.2, 0.25) is 0 Å². The van der Waals surface area contributed by atoms with Gasteiger partial charge in [0.25, 0.3) is 5.69 Å². The summed E-state index contributed by atoms with van der Waals surface area (Å²) in [5, 5.41) is 18.3. The van der Waals surface area contributed by atoms with Crippen molar-refractivity contribution >= 4 is 5.69 Å². The molecule has 0 spiro atoms. The Labute approximate surface area is 103 Å². The molecule has 1 aromatic heterocycles. The molecule has 6 nitrogen and oxygen atoms in total. The van der Waals surface area contributed by atoms with Crippen LogP contribution in [0.3, 0.4) is 0 Å². The van der Waals surface area contributed by atoms with Gasteiger partial charge in [0.2, 0.25) is 0 Å². The number of terminal acetylenes is 1. The average Bonchev–Trinajstić information content (AvgIpc) is 2.84. The fourth-order valence-corrected chi connectivity index (χ4v) is 1.56. The molecule has 0 amide bonds. The van der Waals surface area contributed by atoms with E-state index in [9.17, 15) is 10.1 Å². The smallest absolute Gasteiger partial charge is 0.258 e. The number of nitrogens with zero attached hydrogens (tertiary/aromatic N) is 4. The normalized spacial score (nSPS) is 9.94. The minimum atomic E-state index is -0.440. The van der Waals surface area contributed by atoms with Crippen molar-refractivity contribution in [2.75, 3.05) is 0 Å². The van der Waals surface area contributed by atoms with Gasteiger partial charge in [-0.15, -0.1) is 17.4 Å². The highest BCUT2D eigenvalue weighted by atomic mass is 16.6. The van der Waals surface area contributed by atoms with E-state index in [1.54, 1.807) is 23.0 Å². The van der Waals surface area contributed by atoms with Crippen molar-refractivity contribution in [2.45, 2.75) is 12.8 Å². The molecule has 2 rings (SSSR count). The molecule has 0 bridgehead atoms. The molecule has 0 atom stereocenters. The van der Waals surface area contributed by atoms with Crippen LogP contribution in [0.25, 0.3) is 5.69 Å². The predicted octanol–water partition coefficient (Wildman–Crippen LogP) is 1.74. The Morgan fingerprint density at radius 3 is 2.72 bits per heavy atom. The molecule has 6 heteroatoms. The van der Waals surface area contributed by atoms with Crippen molar-refractivity contribution in [3.63, 3.8) is 0 Å². The first kappa shape index (κ1) is 11.8. The number of hydrogen-bond donors (Lipinski definition) is 0. The third kappa shape index (κ3) is 2.35. The Bertz CT molecular complexity index is 595. The van der Waals surface area contributed by atoms with Gasteiger partial charge < -0.3 is 0 Å². The first-order chi connectivity index (χ1) is 8.72. The first-order valence-electron chi connectivity index (χ1n) is 5.30. The summed E-state index contributed by atoms with van der Waals surface area (Å²) in [7, 11) is 0. The summed E-state index contributed by atoms with van der Waals surface area (Å²) in [6.07, 6.45) is 8.11. The first-order valence-corrected chi connectivity index (χ1v) is 5.30. The molecule has 18 heavy (non-hydrogen) atoms. The summed E-state index contributed by atoms with van der Waals surface area (Å²) in [5.41, 5.74) is 1.65. The van der Waals surface area contributed by atoms with Gasteiger partial charge in [-0.2, -0.15) is 0 Å². The van der Waals surface area contributed by atoms with Crippen LogP contribution in [0.1, 0.15) is 12.1 Å². The van der Waals surface area contributed by atoms with Crippen molar-refractivity contribution in [2.24, 2.45) is 0 Å². The molecule has 0 radical (unpaired) electrons. The quantitative estimate of drug-likeness (QED) is 0.465. The zero-order chi connectivity index (χ0) is 13.0. The maximum Gasteiger partial charge on any atom is 0.269 e. The second-order valence-electron chi connectivity index (χ2n) is 3.61. The van der Waals surface area contributed by atoms with Gasteiger partial charge in [-0.1, -0.05) is 5.21 Å². The number of rotatable bonds is 4. The van der Waals surface area contributed by atoms with E-state index in [1.807, 2.05) is 0 Å². The van der Waals surface area contributed by atoms with Crippen LogP contribution in [0.4, 0.5) is 5.69 Å². The van der Waals surface area contributed by atoms with Gasteiger partial charge >= 0.3 is 0 Å². The summed E-state index contributed by atoms with van der Waals surface area (Å²) in [6.45, 7) is 0. The van der Waals surface area contributed by atoms with E-state index >= 15 is 0 Å². The van der Waals surface area contributed by atoms with E-state index in [0.717, 1.165) is 11.4 Å². The molecular formula is C12H10N4O2. The second-order valence-corrected chi connectivity index (χ2v) is 3.61. The summed E-state index contributed by atoms with van der Waals surface area (Å²) in [5.74, 6) is 2.55. The lowest BCUT2D eigenvalue weighted by Crippen LogP contribution is -2.02. The van der Waals surface area contributed by atoms with Gasteiger partial charge in [0.05, 0.1) is 22.5 Å². The fraction of sp³-hybridized carbons (Fsp3) is 0.167. The summed E-state index contributed by atoms with van der Waals surface area (Å²) < 4.78 is 1.63. The molecule has 0 aliphatic heterocycles. The van der Waals surface area contributed by atoms with Crippen LogP contribution >= 0.6 is 0 Å². The van der Waals surface area contributed by atoms with Crippen molar-refractivity contribution in [3.05, 3.63) is 46.3 Å². The number of aromatic nitrogens is 3. The molecule has 1 heterocycles. The third-order valence-corrected chi connectivity index (χ3v) is 2.45. The van der Waals surface area contributed by atoms with Gasteiger partial charge in [-0.05, 0) is 12.1 Å². The van der Waals surface area contributed by atoms with Gasteiger partial charge in [0, 0.05) is 25.0 Å². The number of benzene rings is 1. The van der Waals surface area contributed by atoms with Crippen LogP contribution in [-0.2, 0) is 6.42 Å². The molecule has 0 saturated heterocycles. The van der Waals surface area contributed by atoms with Crippen LogP contribution in [0.15, 0.2) is 30.5 Å². The minimum Gasteiger partial charge on any atom is -0.258 e. The van der Waals surface area contributed by atoms with Crippen molar-refractivity contribution < 1.29 is 4.92 Å². The fourth-order valence-electron chi connectivity index (χ4n) is 1.56. The highest BCUT2D eigenvalue weighted by molar-refractivity contribution is 5.40. The SMILES string of the molecule is C#CCCc1cnnn1-c1ccc([N+](=O)[O-])cc1. The van der Waals surface area contributed by atoms with Gasteiger partial charge in [0.15, 0.2) is 0 Å². The number of hydrogen-bond acceptors (Lipinski definition) is 4. The predicted molar refractivity (Wildman–Crippen MR) is 65.2 cm³/mol. The largest absolute Gasteiger partial charge is 0.269 e. The van der Waals surface area contributed by atoms with Crippen LogP contribution in [0.5, 0.6) is 0 Å². The Morgan fingerprint density at radius 2 is 2.11 bits per heavy atom. The molecule has 0 fully saturated rings. The van der Waals surface area contributed by atoms with Crippen LogP contribution in [-0.4, -0.2) is 19.9 Å². The van der Waals surface area contributed by atoms with E-state index in [-0.39, 0.29) is 5.69 Å². The lowest BCUT2D eigenvalue weighted by Gasteiger charge is -2.04. The van der Waals surface area contributed by atoms with Crippen molar-refractivity contribution in [1.29, 1.82) is 0 Å². The Balaban J connectivity index is 2.29. The zero-order valence-corrected chi connectivity index (χ0v) is 9.48. The maximum absolute atomic E-state index is 10.6. The van der Waals surface area contributed by atoms with Crippen molar-refractivity contribution in [3.8, 4) is 18.0 Å². The van der Waals surface area contributed by atoms with E-state index in [2.05, 4.69) is 16.2 Å². The summed E-state index contributed by atoms with van der Waals surface area (Å²) >= 11 is 0. The van der Waals surface area contributed by atoms with Gasteiger partial charge in [0.1, 0.15) is 0 Å². The molecule has 0 saturated carbocycles. The molecule has 2 aromatic rings. The lowest BCUT2D eigenvalue weighted by molar-refractivity contribution is -0.384. The Hall–Kier alpha value is -2.68. The number of nitro groups is 1. The number of nitro benzene ring substituents is 1. The summed E-state index contributed by atoms with van der Waals surface area (Å²) in [4.78, 5) is 10.1. The summed E-state index contributed by atoms with van der Waals surface area (Å²) in [6, 6.07) is 6.13. The third-order valence-electron chi connectivity index (χ3n) is 2.45. The molecular weight excluding hydrogens is 232 g/mol. The topological polar surface area (TPSA) is 73.8 Å². The van der Waals surface area contributed by atoms with Gasteiger partial charge in [-0.3, -0.25) is 10.1 Å². The highest BCUT2D eigenvalue weighted by Crippen LogP contribution is 2.16.